The molecule has 192 valence electrons. The maximum Gasteiger partial charge on any atom is 0.126 e. The molecule has 0 N–H and O–H groups in total. The van der Waals surface area contributed by atoms with Crippen molar-refractivity contribution in [1.82, 2.24) is 0 Å². The molecule has 4 rings (SSSR count). The Morgan fingerprint density at radius 1 is 0.694 bits per heavy atom. The zero-order chi connectivity index (χ0) is 25.2. The molecular weight excluding hydrogens is 463 g/mol. The quantitative estimate of drug-likeness (QED) is 0.215. The van der Waals surface area contributed by atoms with Crippen LogP contribution < -0.4 is 0 Å². The van der Waals surface area contributed by atoms with Gasteiger partial charge in [0.25, 0.3) is 0 Å². The predicted molar refractivity (Wildman–Crippen MR) is 153 cm³/mol. The van der Waals surface area contributed by atoms with Gasteiger partial charge in [0.2, 0.25) is 0 Å². The van der Waals surface area contributed by atoms with Crippen LogP contribution in [-0.2, 0) is 25.7 Å². The van der Waals surface area contributed by atoms with Crippen molar-refractivity contribution in [3.05, 3.63) is 105 Å². The van der Waals surface area contributed by atoms with E-state index >= 15 is 0 Å². The van der Waals surface area contributed by atoms with E-state index in [1.54, 1.807) is 6.07 Å². The van der Waals surface area contributed by atoms with Gasteiger partial charge in [-0.25, -0.2) is 4.39 Å². The summed E-state index contributed by atoms with van der Waals surface area (Å²) < 4.78 is 14.7. The second kappa shape index (κ2) is 14.0. The fourth-order valence-electron chi connectivity index (χ4n) is 5.75. The fraction of sp³-hybridized carbons (Fsp3) is 0.471. The van der Waals surface area contributed by atoms with Gasteiger partial charge in [-0.05, 0) is 122 Å². The molecule has 0 heterocycles. The minimum absolute atomic E-state index is 0.0565. The highest BCUT2D eigenvalue weighted by molar-refractivity contribution is 6.30. The van der Waals surface area contributed by atoms with Crippen LogP contribution in [0.3, 0.4) is 0 Å². The zero-order valence-corrected chi connectivity index (χ0v) is 22.7. The molecule has 1 aliphatic carbocycles. The lowest BCUT2D eigenvalue weighted by Crippen LogP contribution is -2.14. The first-order valence-electron chi connectivity index (χ1n) is 14.2. The molecule has 0 saturated heterocycles. The maximum absolute atomic E-state index is 14.7. The molecule has 0 aromatic heterocycles. The van der Waals surface area contributed by atoms with E-state index < -0.39 is 0 Å². The van der Waals surface area contributed by atoms with E-state index in [9.17, 15) is 4.39 Å². The van der Waals surface area contributed by atoms with E-state index in [1.807, 2.05) is 30.3 Å². The zero-order valence-electron chi connectivity index (χ0n) is 22.0. The number of unbranched alkanes of at least 4 members (excludes halogenated alkanes) is 3. The van der Waals surface area contributed by atoms with Crippen molar-refractivity contribution in [2.24, 2.45) is 5.92 Å². The van der Waals surface area contributed by atoms with Crippen molar-refractivity contribution in [2.45, 2.75) is 96.3 Å². The first-order chi connectivity index (χ1) is 17.6. The van der Waals surface area contributed by atoms with Gasteiger partial charge >= 0.3 is 0 Å². The molecule has 1 aliphatic rings. The van der Waals surface area contributed by atoms with Crippen molar-refractivity contribution < 1.29 is 4.39 Å². The predicted octanol–water partition coefficient (Wildman–Crippen LogP) is 10.3. The minimum atomic E-state index is -0.0565. The van der Waals surface area contributed by atoms with E-state index in [2.05, 4.69) is 37.3 Å². The first kappa shape index (κ1) is 26.9. The molecule has 36 heavy (non-hydrogen) atoms. The molecular formula is C34H42ClF. The molecule has 3 aromatic carbocycles. The smallest absolute Gasteiger partial charge is 0.126 e. The molecule has 0 atom stereocenters. The third-order valence-electron chi connectivity index (χ3n) is 8.17. The molecule has 2 heteroatoms. The molecule has 0 unspecified atom stereocenters. The number of halogens is 2. The van der Waals surface area contributed by atoms with Crippen LogP contribution in [0, 0.1) is 11.7 Å². The Morgan fingerprint density at radius 2 is 1.36 bits per heavy atom. The van der Waals surface area contributed by atoms with Crippen molar-refractivity contribution in [3.8, 4) is 0 Å². The lowest BCUT2D eigenvalue weighted by Gasteiger charge is -2.29. The third-order valence-corrected chi connectivity index (χ3v) is 8.42. The number of benzene rings is 3. The summed E-state index contributed by atoms with van der Waals surface area (Å²) in [6.45, 7) is 2.27. The van der Waals surface area contributed by atoms with Crippen LogP contribution in [-0.4, -0.2) is 0 Å². The molecule has 3 aromatic rings. The van der Waals surface area contributed by atoms with E-state index in [1.165, 1.54) is 80.9 Å². The normalized spacial score (nSPS) is 17.9. The summed E-state index contributed by atoms with van der Waals surface area (Å²) in [4.78, 5) is 0. The summed E-state index contributed by atoms with van der Waals surface area (Å²) in [6.07, 6.45) is 15.4. The largest absolute Gasteiger partial charge is 0.207 e. The number of rotatable bonds is 12. The van der Waals surface area contributed by atoms with Crippen molar-refractivity contribution in [2.75, 3.05) is 0 Å². The minimum Gasteiger partial charge on any atom is -0.207 e. The molecule has 0 bridgehead atoms. The lowest BCUT2D eigenvalue weighted by molar-refractivity contribution is 0.310. The van der Waals surface area contributed by atoms with E-state index in [0.29, 0.717) is 5.92 Å². The van der Waals surface area contributed by atoms with Crippen LogP contribution in [0.4, 0.5) is 4.39 Å². The Labute approximate surface area is 223 Å². The summed E-state index contributed by atoms with van der Waals surface area (Å²) in [5.41, 5.74) is 6.16. The van der Waals surface area contributed by atoms with Crippen molar-refractivity contribution in [1.29, 1.82) is 0 Å². The maximum atomic E-state index is 14.7. The van der Waals surface area contributed by atoms with Crippen LogP contribution in [0.2, 0.25) is 5.02 Å². The number of aryl methyl sites for hydroxylation is 4. The second-order valence-electron chi connectivity index (χ2n) is 10.9. The molecule has 0 spiro atoms. The highest BCUT2D eigenvalue weighted by atomic mass is 35.5. The summed E-state index contributed by atoms with van der Waals surface area (Å²) in [5, 5.41) is 0.741. The van der Waals surface area contributed by atoms with Gasteiger partial charge in [-0.3, -0.25) is 0 Å². The van der Waals surface area contributed by atoms with Crippen LogP contribution in [0.15, 0.2) is 66.7 Å². The fourth-order valence-corrected chi connectivity index (χ4v) is 5.87. The molecule has 1 fully saturated rings. The van der Waals surface area contributed by atoms with Crippen LogP contribution >= 0.6 is 11.6 Å². The summed E-state index contributed by atoms with van der Waals surface area (Å²) >= 11 is 5.96. The number of hydrogen-bond donors (Lipinski definition) is 0. The van der Waals surface area contributed by atoms with Gasteiger partial charge in [0.1, 0.15) is 5.82 Å². The van der Waals surface area contributed by atoms with Crippen LogP contribution in [0.1, 0.15) is 98.4 Å². The molecule has 0 radical (unpaired) electrons. The summed E-state index contributed by atoms with van der Waals surface area (Å²) in [7, 11) is 0. The van der Waals surface area contributed by atoms with Crippen LogP contribution in [0.25, 0.3) is 0 Å². The molecule has 0 aliphatic heterocycles. The Balaban J connectivity index is 1.18. The van der Waals surface area contributed by atoms with E-state index in [4.69, 9.17) is 11.6 Å². The van der Waals surface area contributed by atoms with Gasteiger partial charge in [0, 0.05) is 5.02 Å². The van der Waals surface area contributed by atoms with Gasteiger partial charge in [-0.1, -0.05) is 86.3 Å². The second-order valence-corrected chi connectivity index (χ2v) is 11.3. The van der Waals surface area contributed by atoms with Gasteiger partial charge in [0.15, 0.2) is 0 Å². The Kier molecular flexibility index (Phi) is 10.5. The van der Waals surface area contributed by atoms with Crippen molar-refractivity contribution in [3.63, 3.8) is 0 Å². The van der Waals surface area contributed by atoms with Gasteiger partial charge in [0.05, 0.1) is 0 Å². The summed E-state index contributed by atoms with van der Waals surface area (Å²) in [5.74, 6) is 1.43. The average Bonchev–Trinajstić information content (AvgIpc) is 2.91. The average molecular weight is 505 g/mol. The number of hydrogen-bond acceptors (Lipinski definition) is 0. The lowest BCUT2D eigenvalue weighted by atomic mass is 9.76. The third kappa shape index (κ3) is 8.20. The highest BCUT2D eigenvalue weighted by Gasteiger charge is 2.22. The highest BCUT2D eigenvalue weighted by Crippen LogP contribution is 2.37. The van der Waals surface area contributed by atoms with E-state index in [-0.39, 0.29) is 5.82 Å². The van der Waals surface area contributed by atoms with Gasteiger partial charge < -0.3 is 0 Å². The topological polar surface area (TPSA) is 0 Å². The Morgan fingerprint density at radius 3 is 2.06 bits per heavy atom. The van der Waals surface area contributed by atoms with Gasteiger partial charge in [-0.15, -0.1) is 0 Å². The SMILES string of the molecule is CCCCCCc1ccc(C2CCC(CCc3ccc(CCc4ccc(Cl)cc4)c(F)c3)CC2)cc1. The monoisotopic (exact) mass is 504 g/mol. The molecule has 0 nitrogen and oxygen atoms in total. The summed E-state index contributed by atoms with van der Waals surface area (Å²) in [6, 6.07) is 23.2. The van der Waals surface area contributed by atoms with E-state index in [0.717, 1.165) is 41.3 Å². The van der Waals surface area contributed by atoms with Gasteiger partial charge in [-0.2, -0.15) is 0 Å². The molecule has 1 saturated carbocycles. The first-order valence-corrected chi connectivity index (χ1v) is 14.6. The Hall–Kier alpha value is -2.12. The Bertz CT molecular complexity index is 1050. The standard InChI is InChI=1S/C34H42ClF/c1-2-3-4-5-6-26-9-17-30(18-10-26)31-19-11-27(12-20-31)7-8-29-14-22-32(34(36)25-29)21-13-28-15-23-33(35)24-16-28/h9-10,14-18,22-25,27,31H,2-8,11-13,19-21H2,1H3. The molecule has 0 amide bonds. The van der Waals surface area contributed by atoms with Crippen molar-refractivity contribution >= 4 is 11.6 Å². The van der Waals surface area contributed by atoms with Crippen LogP contribution in [0.5, 0.6) is 0 Å².